The van der Waals surface area contributed by atoms with Crippen LogP contribution in [0, 0.1) is 6.92 Å². The molecule has 1 aromatic heterocycles. The van der Waals surface area contributed by atoms with Gasteiger partial charge < -0.3 is 0 Å². The molecular formula is C51H97N2. The highest BCUT2D eigenvalue weighted by Gasteiger charge is 2.04. The summed E-state index contributed by atoms with van der Waals surface area (Å²) in [7, 11) is 0. The maximum atomic E-state index is 4.67. The molecule has 1 heterocycles. The highest BCUT2D eigenvalue weighted by Crippen LogP contribution is 2.18. The maximum absolute atomic E-state index is 4.67. The van der Waals surface area contributed by atoms with Gasteiger partial charge in [-0.25, -0.2) is 9.97 Å². The average Bonchev–Trinajstić information content (AvgIpc) is 3.16. The predicted octanol–water partition coefficient (Wildman–Crippen LogP) is 18.2. The first kappa shape index (κ1) is 50.1. The van der Waals surface area contributed by atoms with E-state index in [1.165, 1.54) is 281 Å². The van der Waals surface area contributed by atoms with Crippen LogP contribution < -0.4 is 0 Å². The van der Waals surface area contributed by atoms with Crippen molar-refractivity contribution in [3.05, 3.63) is 30.2 Å². The van der Waals surface area contributed by atoms with Crippen molar-refractivity contribution >= 4 is 0 Å². The van der Waals surface area contributed by atoms with E-state index in [-0.39, 0.29) is 0 Å². The van der Waals surface area contributed by atoms with E-state index in [2.05, 4.69) is 36.8 Å². The molecule has 0 aliphatic heterocycles. The summed E-state index contributed by atoms with van der Waals surface area (Å²) < 4.78 is 0. The molecule has 0 saturated carbocycles. The van der Waals surface area contributed by atoms with Gasteiger partial charge in [0.15, 0.2) is 0 Å². The maximum Gasteiger partial charge on any atom is 0.129 e. The molecule has 0 fully saturated rings. The summed E-state index contributed by atoms with van der Waals surface area (Å²) >= 11 is 0. The molecule has 0 spiro atoms. The Bertz CT molecular complexity index is 769. The summed E-state index contributed by atoms with van der Waals surface area (Å²) in [5.41, 5.74) is 2.45. The van der Waals surface area contributed by atoms with Gasteiger partial charge in [-0.2, -0.15) is 0 Å². The zero-order valence-electron chi connectivity index (χ0n) is 36.8. The Balaban J connectivity index is 1.84. The monoisotopic (exact) mass is 738 g/mol. The topological polar surface area (TPSA) is 25.8 Å². The summed E-state index contributed by atoms with van der Waals surface area (Å²) in [5.74, 6) is 0.726. The van der Waals surface area contributed by atoms with Crippen LogP contribution in [0.15, 0.2) is 6.07 Å². The third-order valence-electron chi connectivity index (χ3n) is 12.0. The Labute approximate surface area is 335 Å². The fraction of sp³-hybridized carbons (Fsp3) is 0.902. The van der Waals surface area contributed by atoms with Crippen molar-refractivity contribution < 1.29 is 0 Å². The molecule has 0 aliphatic carbocycles. The fourth-order valence-corrected chi connectivity index (χ4v) is 8.35. The van der Waals surface area contributed by atoms with Crippen molar-refractivity contribution in [1.82, 2.24) is 9.97 Å². The van der Waals surface area contributed by atoms with E-state index in [1.807, 2.05) is 0 Å². The molecular weight excluding hydrogens is 641 g/mol. The van der Waals surface area contributed by atoms with E-state index in [0.29, 0.717) is 0 Å². The van der Waals surface area contributed by atoms with Gasteiger partial charge in [-0.3, -0.25) is 0 Å². The highest BCUT2D eigenvalue weighted by atomic mass is 14.9. The van der Waals surface area contributed by atoms with Crippen molar-refractivity contribution in [3.8, 4) is 0 Å². The Morgan fingerprint density at radius 1 is 0.283 bits per heavy atom. The van der Waals surface area contributed by atoms with Crippen molar-refractivity contribution in [3.63, 3.8) is 0 Å². The molecule has 1 radical (unpaired) electrons. The van der Waals surface area contributed by atoms with Crippen molar-refractivity contribution in [2.75, 3.05) is 0 Å². The van der Waals surface area contributed by atoms with Crippen LogP contribution in [0.25, 0.3) is 0 Å². The van der Waals surface area contributed by atoms with E-state index >= 15 is 0 Å². The smallest absolute Gasteiger partial charge is 0.129 e. The van der Waals surface area contributed by atoms with Gasteiger partial charge in [0.2, 0.25) is 0 Å². The van der Waals surface area contributed by atoms with Gasteiger partial charge in [0.25, 0.3) is 0 Å². The average molecular weight is 738 g/mol. The first-order valence-corrected chi connectivity index (χ1v) is 24.9. The second-order valence-electron chi connectivity index (χ2n) is 17.4. The van der Waals surface area contributed by atoms with E-state index in [4.69, 9.17) is 0 Å². The van der Waals surface area contributed by atoms with Crippen LogP contribution in [0.4, 0.5) is 0 Å². The molecule has 0 atom stereocenters. The summed E-state index contributed by atoms with van der Waals surface area (Å²) in [6.45, 7) is 8.71. The first-order chi connectivity index (χ1) is 26.3. The van der Waals surface area contributed by atoms with Gasteiger partial charge in [-0.15, -0.1) is 0 Å². The van der Waals surface area contributed by atoms with Crippen LogP contribution in [0.2, 0.25) is 0 Å². The third-order valence-corrected chi connectivity index (χ3v) is 12.0. The highest BCUT2D eigenvalue weighted by molar-refractivity contribution is 5.13. The molecule has 0 amide bonds. The second kappa shape index (κ2) is 42.2. The molecule has 2 nitrogen and oxygen atoms in total. The Morgan fingerprint density at radius 2 is 0.453 bits per heavy atom. The standard InChI is InChI=1S/C51H97N2/c1-4-6-8-10-12-14-16-18-20-22-24-26-28-30-32-34-36-38-40-42-44-46-50-48-51(53-49(3)52-50)47-45-43-41-39-37-35-33-31-29-27-25-23-21-19-17-15-13-11-9-7-5-2/h48H,3-47H2,1-2H3. The SMILES string of the molecule is [CH2]c1nc(CCCCCCCCCCCCCCCCCCCCCCC)cc(CCCCCCCCCCCCCCCCCCCCCCC)n1. The molecule has 311 valence electrons. The second-order valence-corrected chi connectivity index (χ2v) is 17.4. The van der Waals surface area contributed by atoms with Crippen LogP contribution >= 0.6 is 0 Å². The van der Waals surface area contributed by atoms with Gasteiger partial charge in [0.05, 0.1) is 0 Å². The zero-order valence-corrected chi connectivity index (χ0v) is 36.8. The molecule has 1 rings (SSSR count). The number of aryl methyl sites for hydroxylation is 2. The third kappa shape index (κ3) is 37.8. The Morgan fingerprint density at radius 3 is 0.642 bits per heavy atom. The number of rotatable bonds is 44. The lowest BCUT2D eigenvalue weighted by Crippen LogP contribution is -2.01. The van der Waals surface area contributed by atoms with Gasteiger partial charge >= 0.3 is 0 Å². The lowest BCUT2D eigenvalue weighted by atomic mass is 10.0. The lowest BCUT2D eigenvalue weighted by Gasteiger charge is -2.07. The summed E-state index contributed by atoms with van der Waals surface area (Å²) in [6, 6.07) is 2.28. The molecule has 1 aromatic rings. The first-order valence-electron chi connectivity index (χ1n) is 24.9. The minimum Gasteiger partial charge on any atom is -0.238 e. The van der Waals surface area contributed by atoms with Gasteiger partial charge in [-0.1, -0.05) is 271 Å². The van der Waals surface area contributed by atoms with E-state index in [0.717, 1.165) is 18.7 Å². The number of unbranched alkanes of at least 4 members (excludes halogenated alkanes) is 40. The van der Waals surface area contributed by atoms with Crippen molar-refractivity contribution in [1.29, 1.82) is 0 Å². The van der Waals surface area contributed by atoms with E-state index in [1.54, 1.807) is 0 Å². The van der Waals surface area contributed by atoms with Crippen LogP contribution in [0.1, 0.15) is 301 Å². The van der Waals surface area contributed by atoms with Crippen LogP contribution in [0.5, 0.6) is 0 Å². The Kier molecular flexibility index (Phi) is 39.9. The van der Waals surface area contributed by atoms with Crippen LogP contribution in [0.3, 0.4) is 0 Å². The quantitative estimate of drug-likeness (QED) is 0.0623. The number of aromatic nitrogens is 2. The number of nitrogens with zero attached hydrogens (tertiary/aromatic N) is 2. The van der Waals surface area contributed by atoms with Crippen LogP contribution in [-0.4, -0.2) is 9.97 Å². The van der Waals surface area contributed by atoms with Gasteiger partial charge in [0, 0.05) is 18.3 Å². The minimum absolute atomic E-state index is 0.726. The molecule has 2 heteroatoms. The lowest BCUT2D eigenvalue weighted by molar-refractivity contribution is 0.520. The molecule has 0 bridgehead atoms. The van der Waals surface area contributed by atoms with Crippen molar-refractivity contribution in [2.24, 2.45) is 0 Å². The molecule has 0 N–H and O–H groups in total. The number of hydrogen-bond acceptors (Lipinski definition) is 2. The number of hydrogen-bond donors (Lipinski definition) is 0. The van der Waals surface area contributed by atoms with Crippen LogP contribution in [-0.2, 0) is 12.8 Å². The molecule has 0 aliphatic rings. The van der Waals surface area contributed by atoms with E-state index in [9.17, 15) is 0 Å². The largest absolute Gasteiger partial charge is 0.238 e. The Hall–Kier alpha value is -0.920. The van der Waals surface area contributed by atoms with Gasteiger partial charge in [0.1, 0.15) is 5.82 Å². The zero-order chi connectivity index (χ0) is 38.0. The normalized spacial score (nSPS) is 11.6. The molecule has 53 heavy (non-hydrogen) atoms. The van der Waals surface area contributed by atoms with Crippen molar-refractivity contribution in [2.45, 2.75) is 296 Å². The predicted molar refractivity (Wildman–Crippen MR) is 239 cm³/mol. The minimum atomic E-state index is 0.726. The fourth-order valence-electron chi connectivity index (χ4n) is 8.35. The molecule has 0 saturated heterocycles. The van der Waals surface area contributed by atoms with Gasteiger partial charge in [-0.05, 0) is 31.7 Å². The van der Waals surface area contributed by atoms with E-state index < -0.39 is 0 Å². The molecule has 0 aromatic carbocycles. The summed E-state index contributed by atoms with van der Waals surface area (Å²) in [5, 5.41) is 0. The summed E-state index contributed by atoms with van der Waals surface area (Å²) in [6.07, 6.45) is 62.5. The summed E-state index contributed by atoms with van der Waals surface area (Å²) in [4.78, 5) is 9.34. The molecule has 0 unspecified atom stereocenters.